The Hall–Kier alpha value is -3.26. The molecule has 0 aliphatic carbocycles. The second-order valence-electron chi connectivity index (χ2n) is 6.34. The van der Waals surface area contributed by atoms with Crippen molar-refractivity contribution in [3.63, 3.8) is 0 Å². The average molecular weight is 410 g/mol. The van der Waals surface area contributed by atoms with Crippen LogP contribution in [0.25, 0.3) is 21.2 Å². The third-order valence-corrected chi connectivity index (χ3v) is 5.73. The van der Waals surface area contributed by atoms with Gasteiger partial charge in [-0.3, -0.25) is 0 Å². The summed E-state index contributed by atoms with van der Waals surface area (Å²) in [6.45, 7) is 5.85. The first-order valence-electron chi connectivity index (χ1n) is 9.17. The van der Waals surface area contributed by atoms with Crippen LogP contribution in [0.15, 0.2) is 39.8 Å². The zero-order valence-electron chi connectivity index (χ0n) is 16.1. The SMILES string of the molecule is CCOC(=O)c1sc2ncnc(Oc3ccc4c(CC)cc(=O)oc4c3)c2c1C. The maximum Gasteiger partial charge on any atom is 0.348 e. The van der Waals surface area contributed by atoms with E-state index in [1.165, 1.54) is 23.7 Å². The Labute approximate surface area is 169 Å². The van der Waals surface area contributed by atoms with Gasteiger partial charge in [-0.15, -0.1) is 11.3 Å². The number of benzene rings is 1. The van der Waals surface area contributed by atoms with E-state index in [4.69, 9.17) is 13.9 Å². The number of ether oxygens (including phenoxy) is 2. The first-order chi connectivity index (χ1) is 14.0. The highest BCUT2D eigenvalue weighted by molar-refractivity contribution is 7.20. The summed E-state index contributed by atoms with van der Waals surface area (Å²) < 4.78 is 16.4. The van der Waals surface area contributed by atoms with Gasteiger partial charge in [0.15, 0.2) is 0 Å². The van der Waals surface area contributed by atoms with E-state index < -0.39 is 11.6 Å². The Balaban J connectivity index is 1.78. The van der Waals surface area contributed by atoms with Gasteiger partial charge >= 0.3 is 11.6 Å². The lowest BCUT2D eigenvalue weighted by molar-refractivity contribution is 0.0531. The fourth-order valence-corrected chi connectivity index (χ4v) is 4.22. The van der Waals surface area contributed by atoms with Gasteiger partial charge in [0.05, 0.1) is 12.0 Å². The minimum absolute atomic E-state index is 0.295. The van der Waals surface area contributed by atoms with Crippen molar-refractivity contribution in [1.82, 2.24) is 9.97 Å². The van der Waals surface area contributed by atoms with E-state index in [1.807, 2.05) is 19.9 Å². The smallest absolute Gasteiger partial charge is 0.348 e. The summed E-state index contributed by atoms with van der Waals surface area (Å²) in [5.74, 6) is 0.406. The molecule has 4 aromatic rings. The van der Waals surface area contributed by atoms with Gasteiger partial charge in [-0.1, -0.05) is 6.92 Å². The average Bonchev–Trinajstić information content (AvgIpc) is 3.05. The summed E-state index contributed by atoms with van der Waals surface area (Å²) in [6.07, 6.45) is 2.11. The maximum absolute atomic E-state index is 12.2. The second kappa shape index (κ2) is 7.63. The number of thiophene rings is 1. The highest BCUT2D eigenvalue weighted by Crippen LogP contribution is 2.37. The molecule has 3 heterocycles. The molecule has 0 bridgehead atoms. The van der Waals surface area contributed by atoms with E-state index in [9.17, 15) is 9.59 Å². The highest BCUT2D eigenvalue weighted by atomic mass is 32.1. The first kappa shape index (κ1) is 19.1. The number of rotatable bonds is 5. The highest BCUT2D eigenvalue weighted by Gasteiger charge is 2.21. The van der Waals surface area contributed by atoms with Crippen LogP contribution in [0.4, 0.5) is 0 Å². The Bertz CT molecular complexity index is 1290. The van der Waals surface area contributed by atoms with E-state index in [1.54, 1.807) is 19.1 Å². The third kappa shape index (κ3) is 3.47. The number of nitrogens with zero attached hydrogens (tertiary/aromatic N) is 2. The van der Waals surface area contributed by atoms with Gasteiger partial charge in [0.25, 0.3) is 0 Å². The molecule has 0 amide bonds. The van der Waals surface area contributed by atoms with Crippen molar-refractivity contribution >= 4 is 38.5 Å². The summed E-state index contributed by atoms with van der Waals surface area (Å²) in [4.78, 5) is 33.6. The van der Waals surface area contributed by atoms with Crippen LogP contribution in [0.2, 0.25) is 0 Å². The fraction of sp³-hybridized carbons (Fsp3) is 0.238. The monoisotopic (exact) mass is 410 g/mol. The molecule has 0 saturated carbocycles. The molecule has 0 saturated heterocycles. The van der Waals surface area contributed by atoms with Crippen molar-refractivity contribution in [2.75, 3.05) is 6.61 Å². The van der Waals surface area contributed by atoms with Crippen LogP contribution >= 0.6 is 11.3 Å². The lowest BCUT2D eigenvalue weighted by Gasteiger charge is -2.08. The molecule has 0 unspecified atom stereocenters. The Kier molecular flexibility index (Phi) is 5.02. The molecule has 7 nitrogen and oxygen atoms in total. The Morgan fingerprint density at radius 3 is 2.79 bits per heavy atom. The first-order valence-corrected chi connectivity index (χ1v) is 9.99. The zero-order chi connectivity index (χ0) is 20.5. The lowest BCUT2D eigenvalue weighted by Crippen LogP contribution is -2.03. The summed E-state index contributed by atoms with van der Waals surface area (Å²) in [7, 11) is 0. The Morgan fingerprint density at radius 2 is 2.03 bits per heavy atom. The topological polar surface area (TPSA) is 91.5 Å². The van der Waals surface area contributed by atoms with Gasteiger partial charge in [0, 0.05) is 17.5 Å². The number of fused-ring (bicyclic) bond motifs is 2. The second-order valence-corrected chi connectivity index (χ2v) is 7.34. The molecule has 0 spiro atoms. The summed E-state index contributed by atoms with van der Waals surface area (Å²) in [6, 6.07) is 6.82. The van der Waals surface area contributed by atoms with Gasteiger partial charge in [-0.05, 0) is 43.5 Å². The summed E-state index contributed by atoms with van der Waals surface area (Å²) in [5, 5.41) is 1.52. The third-order valence-electron chi connectivity index (χ3n) is 4.55. The molecule has 3 aromatic heterocycles. The molecular weight excluding hydrogens is 392 g/mol. The van der Waals surface area contributed by atoms with Gasteiger partial charge in [-0.2, -0.15) is 0 Å². The van der Waals surface area contributed by atoms with Crippen molar-refractivity contribution in [1.29, 1.82) is 0 Å². The molecule has 1 aromatic carbocycles. The molecule has 4 rings (SSSR count). The normalized spacial score (nSPS) is 11.1. The summed E-state index contributed by atoms with van der Waals surface area (Å²) >= 11 is 1.24. The van der Waals surface area contributed by atoms with Gasteiger partial charge in [-0.25, -0.2) is 19.6 Å². The van der Waals surface area contributed by atoms with Crippen LogP contribution in [0.1, 0.15) is 34.6 Å². The molecule has 0 aliphatic rings. The fourth-order valence-electron chi connectivity index (χ4n) is 3.19. The van der Waals surface area contributed by atoms with Crippen LogP contribution < -0.4 is 10.4 Å². The quantitative estimate of drug-likeness (QED) is 0.350. The number of aryl methyl sites for hydroxylation is 2. The zero-order valence-corrected chi connectivity index (χ0v) is 17.0. The molecule has 148 valence electrons. The van der Waals surface area contributed by atoms with Gasteiger partial charge in [0.2, 0.25) is 5.88 Å². The Morgan fingerprint density at radius 1 is 1.21 bits per heavy atom. The molecule has 0 radical (unpaired) electrons. The maximum atomic E-state index is 12.2. The van der Waals surface area contributed by atoms with Crippen molar-refractivity contribution in [3.05, 3.63) is 57.0 Å². The molecule has 0 N–H and O–H groups in total. The van der Waals surface area contributed by atoms with Crippen molar-refractivity contribution in [3.8, 4) is 11.6 Å². The molecular formula is C21H18N2O5S. The number of carbonyl (C=O) groups excluding carboxylic acids is 1. The van der Waals surface area contributed by atoms with E-state index in [0.29, 0.717) is 44.5 Å². The minimum atomic E-state index is -0.399. The van der Waals surface area contributed by atoms with E-state index in [0.717, 1.165) is 17.4 Å². The predicted octanol–water partition coefficient (Wildman–Crippen LogP) is 4.64. The number of esters is 1. The van der Waals surface area contributed by atoms with Crippen molar-refractivity contribution in [2.45, 2.75) is 27.2 Å². The van der Waals surface area contributed by atoms with Crippen molar-refractivity contribution in [2.24, 2.45) is 0 Å². The van der Waals surface area contributed by atoms with Gasteiger partial charge in [0.1, 0.15) is 27.4 Å². The standard InChI is InChI=1S/C21H18N2O5S/c1-4-12-8-16(24)28-15-9-13(6-7-14(12)15)27-19-17-11(3)18(21(25)26-5-2)29-20(17)23-10-22-19/h6-10H,4-5H2,1-3H3. The number of hydrogen-bond acceptors (Lipinski definition) is 8. The molecule has 0 fully saturated rings. The van der Waals surface area contributed by atoms with Gasteiger partial charge < -0.3 is 13.9 Å². The van der Waals surface area contributed by atoms with Crippen LogP contribution in [-0.4, -0.2) is 22.5 Å². The van der Waals surface area contributed by atoms with Crippen LogP contribution in [0, 0.1) is 6.92 Å². The number of aromatic nitrogens is 2. The molecule has 0 atom stereocenters. The molecule has 29 heavy (non-hydrogen) atoms. The lowest BCUT2D eigenvalue weighted by atomic mass is 10.1. The predicted molar refractivity (Wildman–Crippen MR) is 110 cm³/mol. The number of hydrogen-bond donors (Lipinski definition) is 0. The van der Waals surface area contributed by atoms with Crippen LogP contribution in [-0.2, 0) is 11.2 Å². The number of carbonyl (C=O) groups is 1. The molecule has 0 aliphatic heterocycles. The van der Waals surface area contributed by atoms with Crippen LogP contribution in [0.3, 0.4) is 0 Å². The summed E-state index contributed by atoms with van der Waals surface area (Å²) in [5.41, 5.74) is 1.68. The van der Waals surface area contributed by atoms with E-state index in [2.05, 4.69) is 9.97 Å². The van der Waals surface area contributed by atoms with E-state index in [-0.39, 0.29) is 0 Å². The molecule has 8 heteroatoms. The van der Waals surface area contributed by atoms with E-state index >= 15 is 0 Å². The largest absolute Gasteiger partial charge is 0.462 e. The minimum Gasteiger partial charge on any atom is -0.462 e. The van der Waals surface area contributed by atoms with Crippen LogP contribution in [0.5, 0.6) is 11.6 Å². The van der Waals surface area contributed by atoms with Crippen molar-refractivity contribution < 1.29 is 18.7 Å².